The minimum absolute atomic E-state index is 0.0220. The maximum atomic E-state index is 13.0. The van der Waals surface area contributed by atoms with Crippen molar-refractivity contribution >= 4 is 50.9 Å². The van der Waals surface area contributed by atoms with Crippen LogP contribution >= 0.6 is 39.1 Å². The van der Waals surface area contributed by atoms with Crippen LogP contribution in [0.15, 0.2) is 46.9 Å². The molecule has 2 aromatic rings. The molecule has 2 aromatic carbocycles. The SMILES string of the molecule is CC[C@H](C)NC(=O)[C@@H](C)N(Cc1ccc(Br)cc1)C(=O)COc1ccc(Cl)cc1Cl. The summed E-state index contributed by atoms with van der Waals surface area (Å²) in [5, 5.41) is 3.73. The van der Waals surface area contributed by atoms with Gasteiger partial charge in [0.2, 0.25) is 5.91 Å². The Morgan fingerprint density at radius 1 is 1.13 bits per heavy atom. The van der Waals surface area contributed by atoms with Crippen LogP contribution in [-0.2, 0) is 16.1 Å². The van der Waals surface area contributed by atoms with Gasteiger partial charge in [0.15, 0.2) is 6.61 Å². The Bertz CT molecular complexity index is 877. The highest BCUT2D eigenvalue weighted by molar-refractivity contribution is 9.10. The quantitative estimate of drug-likeness (QED) is 0.482. The van der Waals surface area contributed by atoms with Gasteiger partial charge in [-0.05, 0) is 56.2 Å². The summed E-state index contributed by atoms with van der Waals surface area (Å²) in [6.07, 6.45) is 0.803. The Morgan fingerprint density at radius 3 is 2.40 bits per heavy atom. The summed E-state index contributed by atoms with van der Waals surface area (Å²) >= 11 is 15.4. The number of nitrogens with one attached hydrogen (secondary N) is 1. The number of carbonyl (C=O) groups excluding carboxylic acids is 2. The average Bonchev–Trinajstić information content (AvgIpc) is 2.71. The van der Waals surface area contributed by atoms with Crippen LogP contribution in [0.4, 0.5) is 0 Å². The Hall–Kier alpha value is -1.76. The molecule has 0 spiro atoms. The second kappa shape index (κ2) is 11.6. The first-order valence-electron chi connectivity index (χ1n) is 9.63. The van der Waals surface area contributed by atoms with Gasteiger partial charge in [-0.25, -0.2) is 0 Å². The normalized spacial score (nSPS) is 12.7. The molecule has 2 amide bonds. The molecule has 0 heterocycles. The van der Waals surface area contributed by atoms with Crippen LogP contribution in [0, 0.1) is 0 Å². The van der Waals surface area contributed by atoms with E-state index >= 15 is 0 Å². The molecule has 2 rings (SSSR count). The zero-order chi connectivity index (χ0) is 22.3. The molecule has 0 fully saturated rings. The first-order valence-corrected chi connectivity index (χ1v) is 11.2. The Balaban J connectivity index is 2.16. The van der Waals surface area contributed by atoms with E-state index in [4.69, 9.17) is 27.9 Å². The summed E-state index contributed by atoms with van der Waals surface area (Å²) in [5.74, 6) is -0.176. The summed E-state index contributed by atoms with van der Waals surface area (Å²) in [6, 6.07) is 11.7. The van der Waals surface area contributed by atoms with Gasteiger partial charge in [-0.1, -0.05) is 58.2 Å². The van der Waals surface area contributed by atoms with Crippen molar-refractivity contribution in [3.8, 4) is 5.75 Å². The Morgan fingerprint density at radius 2 is 1.80 bits per heavy atom. The molecule has 1 N–H and O–H groups in total. The van der Waals surface area contributed by atoms with Gasteiger partial charge in [-0.15, -0.1) is 0 Å². The topological polar surface area (TPSA) is 58.6 Å². The average molecular weight is 516 g/mol. The lowest BCUT2D eigenvalue weighted by atomic mass is 10.1. The monoisotopic (exact) mass is 514 g/mol. The van der Waals surface area contributed by atoms with Gasteiger partial charge in [0.05, 0.1) is 5.02 Å². The predicted molar refractivity (Wildman–Crippen MR) is 124 cm³/mol. The highest BCUT2D eigenvalue weighted by atomic mass is 79.9. The maximum Gasteiger partial charge on any atom is 0.261 e. The lowest BCUT2D eigenvalue weighted by molar-refractivity contribution is -0.142. The number of benzene rings is 2. The second-order valence-corrected chi connectivity index (χ2v) is 8.76. The fourth-order valence-corrected chi connectivity index (χ4v) is 3.38. The highest BCUT2D eigenvalue weighted by Crippen LogP contribution is 2.27. The van der Waals surface area contributed by atoms with Gasteiger partial charge < -0.3 is 15.0 Å². The van der Waals surface area contributed by atoms with E-state index in [-0.39, 0.29) is 31.0 Å². The van der Waals surface area contributed by atoms with E-state index in [1.54, 1.807) is 25.1 Å². The Kier molecular flexibility index (Phi) is 9.46. The molecule has 0 aliphatic rings. The molecule has 0 radical (unpaired) electrons. The zero-order valence-corrected chi connectivity index (χ0v) is 20.2. The lowest BCUT2D eigenvalue weighted by Gasteiger charge is -2.29. The van der Waals surface area contributed by atoms with Crippen LogP contribution in [0.25, 0.3) is 0 Å². The third-order valence-electron chi connectivity index (χ3n) is 4.68. The Labute approximate surface area is 195 Å². The minimum atomic E-state index is -0.667. The summed E-state index contributed by atoms with van der Waals surface area (Å²) in [5.41, 5.74) is 0.902. The first-order chi connectivity index (χ1) is 14.2. The molecular weight excluding hydrogens is 491 g/mol. The third kappa shape index (κ3) is 7.18. The van der Waals surface area contributed by atoms with Crippen LogP contribution in [0.5, 0.6) is 5.75 Å². The molecule has 162 valence electrons. The molecule has 0 bridgehead atoms. The maximum absolute atomic E-state index is 13.0. The third-order valence-corrected chi connectivity index (χ3v) is 5.74. The van der Waals surface area contributed by atoms with Gasteiger partial charge in [-0.3, -0.25) is 9.59 Å². The van der Waals surface area contributed by atoms with Crippen LogP contribution in [0.2, 0.25) is 10.0 Å². The van der Waals surface area contributed by atoms with E-state index in [9.17, 15) is 9.59 Å². The van der Waals surface area contributed by atoms with Crippen LogP contribution in [0.3, 0.4) is 0 Å². The fourth-order valence-electron chi connectivity index (χ4n) is 2.65. The van der Waals surface area contributed by atoms with Crippen molar-refractivity contribution in [3.63, 3.8) is 0 Å². The number of carbonyl (C=O) groups is 2. The number of amides is 2. The van der Waals surface area contributed by atoms with E-state index < -0.39 is 6.04 Å². The van der Waals surface area contributed by atoms with Crippen molar-refractivity contribution in [2.45, 2.75) is 45.8 Å². The molecule has 5 nitrogen and oxygen atoms in total. The number of rotatable bonds is 9. The molecular formula is C22H25BrCl2N2O3. The molecule has 0 aliphatic carbocycles. The molecule has 0 aromatic heterocycles. The fraction of sp³-hybridized carbons (Fsp3) is 0.364. The summed E-state index contributed by atoms with van der Waals surface area (Å²) < 4.78 is 6.54. The zero-order valence-electron chi connectivity index (χ0n) is 17.1. The second-order valence-electron chi connectivity index (χ2n) is 7.01. The van der Waals surface area contributed by atoms with Crippen molar-refractivity contribution in [1.82, 2.24) is 10.2 Å². The van der Waals surface area contributed by atoms with Gasteiger partial charge in [0, 0.05) is 22.1 Å². The van der Waals surface area contributed by atoms with E-state index in [0.717, 1.165) is 16.5 Å². The van der Waals surface area contributed by atoms with Crippen molar-refractivity contribution in [2.75, 3.05) is 6.61 Å². The van der Waals surface area contributed by atoms with Crippen LogP contribution in [0.1, 0.15) is 32.8 Å². The summed E-state index contributed by atoms with van der Waals surface area (Å²) in [7, 11) is 0. The van der Waals surface area contributed by atoms with Gasteiger partial charge in [-0.2, -0.15) is 0 Å². The molecule has 0 saturated carbocycles. The number of nitrogens with zero attached hydrogens (tertiary/aromatic N) is 1. The molecule has 2 atom stereocenters. The number of hydrogen-bond donors (Lipinski definition) is 1. The molecule has 8 heteroatoms. The molecule has 0 saturated heterocycles. The number of ether oxygens (including phenoxy) is 1. The summed E-state index contributed by atoms with van der Waals surface area (Å²) in [6.45, 7) is 5.66. The molecule has 0 aliphatic heterocycles. The highest BCUT2D eigenvalue weighted by Gasteiger charge is 2.27. The summed E-state index contributed by atoms with van der Waals surface area (Å²) in [4.78, 5) is 27.2. The first kappa shape index (κ1) is 24.5. The molecule has 30 heavy (non-hydrogen) atoms. The van der Waals surface area contributed by atoms with Gasteiger partial charge >= 0.3 is 0 Å². The standard InChI is InChI=1S/C22H25BrCl2N2O3/c1-4-14(2)26-22(29)15(3)27(12-16-5-7-17(23)8-6-16)21(28)13-30-20-10-9-18(24)11-19(20)25/h5-11,14-15H,4,12-13H2,1-3H3,(H,26,29)/t14-,15+/m0/s1. The van der Waals surface area contributed by atoms with E-state index in [1.165, 1.54) is 4.90 Å². The predicted octanol–water partition coefficient (Wildman–Crippen LogP) is 5.47. The van der Waals surface area contributed by atoms with Crippen molar-refractivity contribution < 1.29 is 14.3 Å². The smallest absolute Gasteiger partial charge is 0.261 e. The van der Waals surface area contributed by atoms with Crippen LogP contribution < -0.4 is 10.1 Å². The van der Waals surface area contributed by atoms with Crippen molar-refractivity contribution in [1.29, 1.82) is 0 Å². The molecule has 0 unspecified atom stereocenters. The number of halogens is 3. The van der Waals surface area contributed by atoms with Gasteiger partial charge in [0.25, 0.3) is 5.91 Å². The largest absolute Gasteiger partial charge is 0.482 e. The lowest BCUT2D eigenvalue weighted by Crippen LogP contribution is -2.50. The van der Waals surface area contributed by atoms with Crippen molar-refractivity contribution in [3.05, 3.63) is 62.5 Å². The van der Waals surface area contributed by atoms with Crippen molar-refractivity contribution in [2.24, 2.45) is 0 Å². The van der Waals surface area contributed by atoms with E-state index in [1.807, 2.05) is 38.1 Å². The van der Waals surface area contributed by atoms with Crippen LogP contribution in [-0.4, -0.2) is 35.4 Å². The van der Waals surface area contributed by atoms with E-state index in [0.29, 0.717) is 15.8 Å². The van der Waals surface area contributed by atoms with Gasteiger partial charge in [0.1, 0.15) is 11.8 Å². The minimum Gasteiger partial charge on any atom is -0.482 e. The van der Waals surface area contributed by atoms with E-state index in [2.05, 4.69) is 21.2 Å². The number of hydrogen-bond acceptors (Lipinski definition) is 3.